The first-order valence-corrected chi connectivity index (χ1v) is 12.3. The molecule has 35 heavy (non-hydrogen) atoms. The molecule has 9 nitrogen and oxygen atoms in total. The monoisotopic (exact) mass is 494 g/mol. The van der Waals surface area contributed by atoms with Gasteiger partial charge in [0.05, 0.1) is 29.5 Å². The van der Waals surface area contributed by atoms with E-state index in [4.69, 9.17) is 4.74 Å². The van der Waals surface area contributed by atoms with Crippen molar-refractivity contribution in [3.8, 4) is 0 Å². The van der Waals surface area contributed by atoms with Crippen LogP contribution in [0.2, 0.25) is 0 Å². The van der Waals surface area contributed by atoms with Crippen molar-refractivity contribution in [1.29, 1.82) is 0 Å². The van der Waals surface area contributed by atoms with E-state index in [1.807, 2.05) is 37.3 Å². The van der Waals surface area contributed by atoms with E-state index in [9.17, 15) is 19.2 Å². The number of nitrogens with zero attached hydrogens (tertiary/aromatic N) is 3. The van der Waals surface area contributed by atoms with Crippen molar-refractivity contribution in [2.75, 3.05) is 24.8 Å². The smallest absolute Gasteiger partial charge is 0.337 e. The Bertz CT molecular complexity index is 1320. The zero-order valence-corrected chi connectivity index (χ0v) is 20.3. The van der Waals surface area contributed by atoms with Crippen LogP contribution in [0.15, 0.2) is 58.5 Å². The van der Waals surface area contributed by atoms with Gasteiger partial charge >= 0.3 is 5.97 Å². The number of amides is 2. The lowest BCUT2D eigenvalue weighted by molar-refractivity contribution is -0.128. The van der Waals surface area contributed by atoms with Crippen molar-refractivity contribution >= 4 is 40.4 Å². The third-order valence-corrected chi connectivity index (χ3v) is 6.86. The number of aromatic nitrogens is 2. The number of esters is 1. The van der Waals surface area contributed by atoms with E-state index < -0.39 is 23.4 Å². The molecule has 0 bridgehead atoms. The summed E-state index contributed by atoms with van der Waals surface area (Å²) in [7, 11) is 1.28. The number of benzene rings is 2. The lowest BCUT2D eigenvalue weighted by Crippen LogP contribution is -2.39. The number of hydrogen-bond acceptors (Lipinski definition) is 7. The summed E-state index contributed by atoms with van der Waals surface area (Å²) in [6, 6.07) is 14.1. The van der Waals surface area contributed by atoms with E-state index in [0.29, 0.717) is 23.0 Å². The minimum atomic E-state index is -0.584. The molecule has 1 aromatic heterocycles. The molecule has 1 aliphatic heterocycles. The van der Waals surface area contributed by atoms with Crippen LogP contribution in [0.1, 0.15) is 35.7 Å². The summed E-state index contributed by atoms with van der Waals surface area (Å²) in [5.74, 6) is -0.952. The number of ether oxygens (including phenoxy) is 1. The van der Waals surface area contributed by atoms with Crippen molar-refractivity contribution in [3.63, 3.8) is 0 Å². The predicted octanol–water partition coefficient (Wildman–Crippen LogP) is 2.80. The number of fused-ring (bicyclic) bond motifs is 1. The van der Waals surface area contributed by atoms with Gasteiger partial charge in [-0.15, -0.1) is 0 Å². The molecule has 0 spiro atoms. The molecule has 4 rings (SSSR count). The molecular formula is C25H26N4O5S. The molecular weight excluding hydrogens is 468 g/mol. The lowest BCUT2D eigenvalue weighted by Gasteiger charge is -2.18. The molecule has 0 radical (unpaired) electrons. The Hall–Kier alpha value is -3.66. The number of methoxy groups -OCH3 is 1. The topological polar surface area (TPSA) is 111 Å². The maximum Gasteiger partial charge on any atom is 0.337 e. The Labute approximate surface area is 206 Å². The summed E-state index contributed by atoms with van der Waals surface area (Å²) >= 11 is 1.33. The van der Waals surface area contributed by atoms with Crippen molar-refractivity contribution in [2.24, 2.45) is 5.92 Å². The maximum absolute atomic E-state index is 13.3. The van der Waals surface area contributed by atoms with E-state index in [2.05, 4.69) is 10.4 Å². The normalized spacial score (nSPS) is 15.4. The molecule has 3 aromatic rings. The van der Waals surface area contributed by atoms with Gasteiger partial charge in [0.2, 0.25) is 11.8 Å². The maximum atomic E-state index is 13.3. The van der Waals surface area contributed by atoms with Crippen LogP contribution >= 0.6 is 11.8 Å². The number of carbonyl (C=O) groups excluding carboxylic acids is 3. The van der Waals surface area contributed by atoms with E-state index in [-0.39, 0.29) is 29.8 Å². The van der Waals surface area contributed by atoms with Crippen LogP contribution < -0.4 is 11.0 Å². The van der Waals surface area contributed by atoms with Crippen LogP contribution in [-0.2, 0) is 20.9 Å². The van der Waals surface area contributed by atoms with Crippen molar-refractivity contribution in [3.05, 3.63) is 70.0 Å². The zero-order chi connectivity index (χ0) is 24.9. The van der Waals surface area contributed by atoms with Gasteiger partial charge in [-0.25, -0.2) is 9.78 Å². The van der Waals surface area contributed by atoms with Gasteiger partial charge in [0.15, 0.2) is 5.16 Å². The SMILES string of the molecule is CCCSc1nc2cc(C(=O)OC)ccc2c(=O)n1NC(=O)C1CC(=O)N(Cc2ccccc2)C1. The fourth-order valence-electron chi connectivity index (χ4n) is 3.90. The summed E-state index contributed by atoms with van der Waals surface area (Å²) in [6.07, 6.45) is 0.911. The molecule has 1 atom stereocenters. The van der Waals surface area contributed by atoms with Gasteiger partial charge in [-0.3, -0.25) is 19.8 Å². The number of nitrogens with one attached hydrogen (secondary N) is 1. The van der Waals surface area contributed by atoms with Crippen molar-refractivity contribution < 1.29 is 19.1 Å². The lowest BCUT2D eigenvalue weighted by atomic mass is 10.1. The number of carbonyl (C=O) groups is 3. The summed E-state index contributed by atoms with van der Waals surface area (Å²) < 4.78 is 5.90. The average molecular weight is 495 g/mol. The Kier molecular flexibility index (Phi) is 7.50. The van der Waals surface area contributed by atoms with Crippen LogP contribution in [-0.4, -0.2) is 51.8 Å². The largest absolute Gasteiger partial charge is 0.465 e. The van der Waals surface area contributed by atoms with Crippen molar-refractivity contribution in [1.82, 2.24) is 14.6 Å². The average Bonchev–Trinajstić information content (AvgIpc) is 3.24. The van der Waals surface area contributed by atoms with Crippen LogP contribution in [0.3, 0.4) is 0 Å². The van der Waals surface area contributed by atoms with Gasteiger partial charge < -0.3 is 9.64 Å². The first kappa shape index (κ1) is 24.5. The first-order valence-electron chi connectivity index (χ1n) is 11.3. The quantitative estimate of drug-likeness (QED) is 0.291. The minimum Gasteiger partial charge on any atom is -0.465 e. The summed E-state index contributed by atoms with van der Waals surface area (Å²) in [5, 5.41) is 0.567. The first-order chi connectivity index (χ1) is 16.9. The van der Waals surface area contributed by atoms with Gasteiger partial charge in [-0.05, 0) is 30.2 Å². The summed E-state index contributed by atoms with van der Waals surface area (Å²) in [6.45, 7) is 2.70. The second-order valence-electron chi connectivity index (χ2n) is 8.24. The number of hydrogen-bond donors (Lipinski definition) is 1. The molecule has 0 saturated carbocycles. The Morgan fingerprint density at radius 2 is 1.94 bits per heavy atom. The Morgan fingerprint density at radius 3 is 2.66 bits per heavy atom. The summed E-state index contributed by atoms with van der Waals surface area (Å²) in [5.41, 5.74) is 3.84. The fraction of sp³-hybridized carbons (Fsp3) is 0.320. The molecule has 1 fully saturated rings. The van der Waals surface area contributed by atoms with E-state index >= 15 is 0 Å². The number of rotatable bonds is 8. The van der Waals surface area contributed by atoms with Gasteiger partial charge in [0.1, 0.15) is 0 Å². The van der Waals surface area contributed by atoms with Crippen LogP contribution in [0.5, 0.6) is 0 Å². The molecule has 2 heterocycles. The molecule has 1 N–H and O–H groups in total. The highest BCUT2D eigenvalue weighted by Gasteiger charge is 2.35. The second-order valence-corrected chi connectivity index (χ2v) is 9.31. The number of likely N-dealkylation sites (tertiary alicyclic amines) is 1. The van der Waals surface area contributed by atoms with Gasteiger partial charge in [-0.1, -0.05) is 49.0 Å². The third-order valence-electron chi connectivity index (χ3n) is 5.72. The molecule has 1 aliphatic rings. The molecule has 10 heteroatoms. The standard InChI is InChI=1S/C25H26N4O5S/c1-3-11-35-25-26-20-12-17(24(33)34-2)9-10-19(20)23(32)29(25)27-22(31)18-13-21(30)28(15-18)14-16-7-5-4-6-8-16/h4-10,12,18H,3,11,13-15H2,1-2H3,(H,27,31). The van der Waals surface area contributed by atoms with Gasteiger partial charge in [-0.2, -0.15) is 4.68 Å². The third kappa shape index (κ3) is 5.37. The van der Waals surface area contributed by atoms with Crippen molar-refractivity contribution in [2.45, 2.75) is 31.5 Å². The highest BCUT2D eigenvalue weighted by atomic mass is 32.2. The van der Waals surface area contributed by atoms with E-state index in [1.54, 1.807) is 4.90 Å². The fourth-order valence-corrected chi connectivity index (χ4v) is 4.71. The minimum absolute atomic E-state index is 0.0777. The van der Waals surface area contributed by atoms with Crippen LogP contribution in [0.25, 0.3) is 10.9 Å². The highest BCUT2D eigenvalue weighted by Crippen LogP contribution is 2.22. The van der Waals surface area contributed by atoms with Crippen LogP contribution in [0.4, 0.5) is 0 Å². The Morgan fingerprint density at radius 1 is 1.17 bits per heavy atom. The molecule has 1 unspecified atom stereocenters. The Balaban J connectivity index is 1.59. The molecule has 182 valence electrons. The van der Waals surface area contributed by atoms with E-state index in [0.717, 1.165) is 16.7 Å². The number of thioether (sulfide) groups is 1. The molecule has 2 aromatic carbocycles. The predicted molar refractivity (Wildman–Crippen MR) is 133 cm³/mol. The van der Waals surface area contributed by atoms with Crippen LogP contribution in [0, 0.1) is 5.92 Å². The van der Waals surface area contributed by atoms with Gasteiger partial charge in [0.25, 0.3) is 5.56 Å². The molecule has 1 saturated heterocycles. The molecule has 2 amide bonds. The second kappa shape index (κ2) is 10.7. The highest BCUT2D eigenvalue weighted by molar-refractivity contribution is 7.99. The zero-order valence-electron chi connectivity index (χ0n) is 19.5. The van der Waals surface area contributed by atoms with Gasteiger partial charge in [0, 0.05) is 25.3 Å². The summed E-state index contributed by atoms with van der Waals surface area (Å²) in [4.78, 5) is 57.0. The van der Waals surface area contributed by atoms with E-state index in [1.165, 1.54) is 37.1 Å². The molecule has 0 aliphatic carbocycles.